The molecule has 7 heteroatoms. The summed E-state index contributed by atoms with van der Waals surface area (Å²) in [5.41, 5.74) is 3.13. The standard InChI is InChI=1S/C26H28N4O2S/c1-16-15-20(28-25(32)26(2,3)4)33-22(16)24(31)29-21(17-11-7-6-8-12-17)23-27-18-13-9-10-14-19(18)30(23)5/h6-15,21H,1-5H3,(H,28,32)(H,29,31)/t21-/m0/s1. The average molecular weight is 461 g/mol. The van der Waals surface area contributed by atoms with E-state index in [2.05, 4.69) is 10.6 Å². The van der Waals surface area contributed by atoms with Crippen molar-refractivity contribution in [2.45, 2.75) is 33.7 Å². The number of hydrogen-bond donors (Lipinski definition) is 2. The molecular formula is C26H28N4O2S. The van der Waals surface area contributed by atoms with Crippen LogP contribution < -0.4 is 10.6 Å². The molecule has 4 aromatic rings. The predicted octanol–water partition coefficient (Wildman–Crippen LogP) is 5.45. The SMILES string of the molecule is Cc1cc(NC(=O)C(C)(C)C)sc1C(=O)N[C@@H](c1ccccc1)c1nc2ccccc2n1C. The maximum absolute atomic E-state index is 13.4. The highest BCUT2D eigenvalue weighted by Gasteiger charge is 2.26. The van der Waals surface area contributed by atoms with Crippen molar-refractivity contribution in [1.29, 1.82) is 0 Å². The molecule has 0 spiro atoms. The zero-order valence-corrected chi connectivity index (χ0v) is 20.3. The van der Waals surface area contributed by atoms with Crippen molar-refractivity contribution in [1.82, 2.24) is 14.9 Å². The van der Waals surface area contributed by atoms with Crippen LogP contribution in [-0.2, 0) is 11.8 Å². The third-order valence-corrected chi connectivity index (χ3v) is 6.68. The number of thiophene rings is 1. The van der Waals surface area contributed by atoms with Crippen molar-refractivity contribution < 1.29 is 9.59 Å². The zero-order valence-electron chi connectivity index (χ0n) is 19.5. The second-order valence-corrected chi connectivity index (χ2v) is 10.2. The number of rotatable bonds is 5. The number of anilines is 1. The van der Waals surface area contributed by atoms with Crippen molar-refractivity contribution in [3.05, 3.63) is 82.5 Å². The molecule has 2 aromatic carbocycles. The molecule has 33 heavy (non-hydrogen) atoms. The molecular weight excluding hydrogens is 432 g/mol. The number of fused-ring (bicyclic) bond motifs is 1. The fraction of sp³-hybridized carbons (Fsp3) is 0.269. The molecule has 6 nitrogen and oxygen atoms in total. The number of nitrogens with zero attached hydrogens (tertiary/aromatic N) is 2. The summed E-state index contributed by atoms with van der Waals surface area (Å²) >= 11 is 1.28. The number of aryl methyl sites for hydroxylation is 2. The van der Waals surface area contributed by atoms with Gasteiger partial charge in [-0.05, 0) is 36.2 Å². The molecule has 2 heterocycles. The lowest BCUT2D eigenvalue weighted by Gasteiger charge is -2.19. The fourth-order valence-electron chi connectivity index (χ4n) is 3.63. The molecule has 2 aromatic heterocycles. The highest BCUT2D eigenvalue weighted by Crippen LogP contribution is 2.30. The number of amides is 2. The van der Waals surface area contributed by atoms with Gasteiger partial charge in [0.1, 0.15) is 11.9 Å². The Balaban J connectivity index is 1.67. The molecule has 0 radical (unpaired) electrons. The van der Waals surface area contributed by atoms with E-state index in [4.69, 9.17) is 4.98 Å². The highest BCUT2D eigenvalue weighted by atomic mass is 32.1. The Hall–Kier alpha value is -3.45. The van der Waals surface area contributed by atoms with Crippen LogP contribution >= 0.6 is 11.3 Å². The lowest BCUT2D eigenvalue weighted by atomic mass is 9.96. The molecule has 170 valence electrons. The maximum Gasteiger partial charge on any atom is 0.262 e. The molecule has 0 aliphatic rings. The second kappa shape index (κ2) is 8.83. The van der Waals surface area contributed by atoms with E-state index < -0.39 is 11.5 Å². The molecule has 0 fully saturated rings. The molecule has 4 rings (SSSR count). The van der Waals surface area contributed by atoms with Crippen molar-refractivity contribution in [2.75, 3.05) is 5.32 Å². The van der Waals surface area contributed by atoms with Crippen LogP contribution in [0.25, 0.3) is 11.0 Å². The molecule has 2 N–H and O–H groups in total. The molecule has 0 aliphatic heterocycles. The number of aromatic nitrogens is 2. The predicted molar refractivity (Wildman–Crippen MR) is 134 cm³/mol. The first-order valence-corrected chi connectivity index (χ1v) is 11.7. The van der Waals surface area contributed by atoms with Crippen molar-refractivity contribution in [3.63, 3.8) is 0 Å². The minimum absolute atomic E-state index is 0.0856. The van der Waals surface area contributed by atoms with Crippen LogP contribution in [0.3, 0.4) is 0 Å². The van der Waals surface area contributed by atoms with Gasteiger partial charge in [-0.25, -0.2) is 4.98 Å². The topological polar surface area (TPSA) is 76.0 Å². The van der Waals surface area contributed by atoms with E-state index in [1.54, 1.807) is 0 Å². The van der Waals surface area contributed by atoms with E-state index in [0.717, 1.165) is 28.0 Å². The summed E-state index contributed by atoms with van der Waals surface area (Å²) in [7, 11) is 1.96. The Morgan fingerprint density at radius 2 is 1.70 bits per heavy atom. The third kappa shape index (κ3) is 4.68. The number of nitrogens with one attached hydrogen (secondary N) is 2. The fourth-order valence-corrected chi connectivity index (χ4v) is 4.60. The van der Waals surface area contributed by atoms with Crippen molar-refractivity contribution in [3.8, 4) is 0 Å². The highest BCUT2D eigenvalue weighted by molar-refractivity contribution is 7.18. The van der Waals surface area contributed by atoms with Gasteiger partial charge < -0.3 is 15.2 Å². The van der Waals surface area contributed by atoms with Crippen LogP contribution in [0.1, 0.15) is 53.4 Å². The van der Waals surface area contributed by atoms with Gasteiger partial charge in [-0.2, -0.15) is 0 Å². The van der Waals surface area contributed by atoms with Crippen LogP contribution in [0.5, 0.6) is 0 Å². The van der Waals surface area contributed by atoms with Gasteiger partial charge in [0.05, 0.1) is 20.9 Å². The molecule has 2 amide bonds. The Morgan fingerprint density at radius 1 is 1.03 bits per heavy atom. The van der Waals surface area contributed by atoms with Gasteiger partial charge in [0.2, 0.25) is 5.91 Å². The van der Waals surface area contributed by atoms with Gasteiger partial charge in [0.25, 0.3) is 5.91 Å². The Labute approximate surface area is 197 Å². The Morgan fingerprint density at radius 3 is 2.36 bits per heavy atom. The van der Waals surface area contributed by atoms with E-state index >= 15 is 0 Å². The summed E-state index contributed by atoms with van der Waals surface area (Å²) in [4.78, 5) is 31.2. The summed E-state index contributed by atoms with van der Waals surface area (Å²) < 4.78 is 2.02. The summed E-state index contributed by atoms with van der Waals surface area (Å²) in [6, 6.07) is 19.2. The second-order valence-electron chi connectivity index (χ2n) is 9.16. The summed E-state index contributed by atoms with van der Waals surface area (Å²) in [5, 5.41) is 6.77. The van der Waals surface area contributed by atoms with E-state index in [1.165, 1.54) is 11.3 Å². The Bertz CT molecular complexity index is 1320. The number of benzene rings is 2. The lowest BCUT2D eigenvalue weighted by molar-refractivity contribution is -0.123. The Kier molecular flexibility index (Phi) is 6.08. The zero-order chi connectivity index (χ0) is 23.8. The van der Waals surface area contributed by atoms with Gasteiger partial charge in [0.15, 0.2) is 0 Å². The monoisotopic (exact) mass is 460 g/mol. The number of para-hydroxylation sites is 2. The van der Waals surface area contributed by atoms with Gasteiger partial charge in [-0.3, -0.25) is 9.59 Å². The van der Waals surface area contributed by atoms with E-state index in [9.17, 15) is 9.59 Å². The molecule has 0 aliphatic carbocycles. The first kappa shape index (κ1) is 22.7. The molecule has 0 unspecified atom stereocenters. The summed E-state index contributed by atoms with van der Waals surface area (Å²) in [5.74, 6) is 0.471. The minimum atomic E-state index is -0.515. The lowest BCUT2D eigenvalue weighted by Crippen LogP contribution is -2.31. The average Bonchev–Trinajstić information content (AvgIpc) is 3.31. The van der Waals surface area contributed by atoms with Crippen LogP contribution in [0, 0.1) is 12.3 Å². The summed E-state index contributed by atoms with van der Waals surface area (Å²) in [6.45, 7) is 7.46. The van der Waals surface area contributed by atoms with Gasteiger partial charge in [-0.1, -0.05) is 63.2 Å². The van der Waals surface area contributed by atoms with E-state index in [0.29, 0.717) is 9.88 Å². The van der Waals surface area contributed by atoms with Crippen molar-refractivity contribution in [2.24, 2.45) is 12.5 Å². The number of hydrogen-bond acceptors (Lipinski definition) is 4. The van der Waals surface area contributed by atoms with Crippen LogP contribution in [-0.4, -0.2) is 21.4 Å². The van der Waals surface area contributed by atoms with Crippen LogP contribution in [0.4, 0.5) is 5.00 Å². The van der Waals surface area contributed by atoms with Crippen molar-refractivity contribution >= 4 is 39.2 Å². The van der Waals surface area contributed by atoms with E-state index in [-0.39, 0.29) is 11.8 Å². The normalized spacial score (nSPS) is 12.5. The maximum atomic E-state index is 13.4. The van der Waals surface area contributed by atoms with Gasteiger partial charge in [0, 0.05) is 12.5 Å². The quantitative estimate of drug-likeness (QED) is 0.416. The largest absolute Gasteiger partial charge is 0.337 e. The number of carbonyl (C=O) groups excluding carboxylic acids is 2. The first-order chi connectivity index (χ1) is 15.6. The van der Waals surface area contributed by atoms with Crippen LogP contribution in [0.15, 0.2) is 60.7 Å². The summed E-state index contributed by atoms with van der Waals surface area (Å²) in [6.07, 6.45) is 0. The van der Waals surface area contributed by atoms with Gasteiger partial charge >= 0.3 is 0 Å². The third-order valence-electron chi connectivity index (χ3n) is 5.53. The van der Waals surface area contributed by atoms with Gasteiger partial charge in [-0.15, -0.1) is 11.3 Å². The molecule has 0 saturated heterocycles. The number of carbonyl (C=O) groups is 2. The van der Waals surface area contributed by atoms with E-state index in [1.807, 2.05) is 100.0 Å². The minimum Gasteiger partial charge on any atom is -0.337 e. The molecule has 0 saturated carbocycles. The van der Waals surface area contributed by atoms with Crippen LogP contribution in [0.2, 0.25) is 0 Å². The molecule has 0 bridgehead atoms. The first-order valence-electron chi connectivity index (χ1n) is 10.8. The number of imidazole rings is 1. The smallest absolute Gasteiger partial charge is 0.262 e. The molecule has 1 atom stereocenters.